The third kappa shape index (κ3) is 3.52. The van der Waals surface area contributed by atoms with Crippen LogP contribution in [0.25, 0.3) is 0 Å². The van der Waals surface area contributed by atoms with Crippen molar-refractivity contribution in [1.82, 2.24) is 5.32 Å². The Labute approximate surface area is 122 Å². The number of hydrogen-bond acceptors (Lipinski definition) is 3. The molecule has 3 nitrogen and oxygen atoms in total. The van der Waals surface area contributed by atoms with Crippen LogP contribution in [0.1, 0.15) is 44.2 Å². The molecule has 0 aliphatic carbocycles. The van der Waals surface area contributed by atoms with E-state index >= 15 is 0 Å². The van der Waals surface area contributed by atoms with Crippen molar-refractivity contribution in [3.05, 3.63) is 29.3 Å². The van der Waals surface area contributed by atoms with Gasteiger partial charge in [0.25, 0.3) is 0 Å². The summed E-state index contributed by atoms with van der Waals surface area (Å²) in [6, 6.07) is 9.36. The molecular weight excluding hydrogens is 246 g/mol. The summed E-state index contributed by atoms with van der Waals surface area (Å²) in [5, 5.41) is 13.0. The fourth-order valence-electron chi connectivity index (χ4n) is 2.88. The van der Waals surface area contributed by atoms with Crippen molar-refractivity contribution in [3.63, 3.8) is 0 Å². The molecule has 0 bridgehead atoms. The van der Waals surface area contributed by atoms with Gasteiger partial charge in [-0.2, -0.15) is 5.26 Å². The maximum absolute atomic E-state index is 9.35. The van der Waals surface area contributed by atoms with E-state index in [9.17, 15) is 5.26 Å². The molecule has 0 radical (unpaired) electrons. The summed E-state index contributed by atoms with van der Waals surface area (Å²) in [7, 11) is 0. The normalized spacial score (nSPS) is 18.9. The molecule has 1 saturated heterocycles. The van der Waals surface area contributed by atoms with E-state index in [1.807, 2.05) is 12.1 Å². The monoisotopic (exact) mass is 271 g/mol. The lowest BCUT2D eigenvalue weighted by molar-refractivity contribution is 0.393. The Morgan fingerprint density at radius 1 is 1.40 bits per heavy atom. The summed E-state index contributed by atoms with van der Waals surface area (Å²) in [5.41, 5.74) is 3.07. The van der Waals surface area contributed by atoms with Crippen molar-refractivity contribution in [3.8, 4) is 6.07 Å². The summed E-state index contributed by atoms with van der Waals surface area (Å²) in [5.74, 6) is 0. The molecule has 1 aliphatic heterocycles. The number of nitrogens with one attached hydrogen (secondary N) is 1. The maximum Gasteiger partial charge on any atom is 0.101 e. The first-order valence-corrected chi connectivity index (χ1v) is 7.62. The van der Waals surface area contributed by atoms with Gasteiger partial charge in [-0.1, -0.05) is 12.5 Å². The van der Waals surface area contributed by atoms with Gasteiger partial charge in [0.2, 0.25) is 0 Å². The average Bonchev–Trinajstić information content (AvgIpc) is 2.45. The van der Waals surface area contributed by atoms with E-state index in [2.05, 4.69) is 43.1 Å². The molecule has 1 aromatic rings. The van der Waals surface area contributed by atoms with E-state index < -0.39 is 0 Å². The van der Waals surface area contributed by atoms with Crippen LogP contribution in [0.4, 0.5) is 5.69 Å². The van der Waals surface area contributed by atoms with Crippen molar-refractivity contribution in [2.24, 2.45) is 0 Å². The fraction of sp³-hybridized carbons (Fsp3) is 0.588. The summed E-state index contributed by atoms with van der Waals surface area (Å²) in [4.78, 5) is 2.37. The number of nitrogens with zero attached hydrogens (tertiary/aromatic N) is 2. The highest BCUT2D eigenvalue weighted by Crippen LogP contribution is 2.25. The van der Waals surface area contributed by atoms with Crippen LogP contribution < -0.4 is 10.2 Å². The first-order chi connectivity index (χ1) is 9.61. The number of benzene rings is 1. The van der Waals surface area contributed by atoms with Gasteiger partial charge in [0.1, 0.15) is 6.07 Å². The lowest BCUT2D eigenvalue weighted by Gasteiger charge is -2.35. The van der Waals surface area contributed by atoms with E-state index in [1.54, 1.807) is 0 Å². The van der Waals surface area contributed by atoms with Gasteiger partial charge in [-0.3, -0.25) is 0 Å². The summed E-state index contributed by atoms with van der Waals surface area (Å²) in [6.45, 7) is 8.59. The second-order valence-corrected chi connectivity index (χ2v) is 6.03. The van der Waals surface area contributed by atoms with Gasteiger partial charge in [0, 0.05) is 18.6 Å². The van der Waals surface area contributed by atoms with E-state index in [0.717, 1.165) is 24.3 Å². The first-order valence-electron chi connectivity index (χ1n) is 7.62. The molecule has 0 spiro atoms. The SMILES string of the molecule is Cc1ccc(C#N)c(N(CC2CCCCN2)C(C)C)c1. The zero-order valence-electron chi connectivity index (χ0n) is 12.8. The Balaban J connectivity index is 2.24. The van der Waals surface area contributed by atoms with Crippen LogP contribution in [0.15, 0.2) is 18.2 Å². The van der Waals surface area contributed by atoms with Gasteiger partial charge in [0.05, 0.1) is 11.3 Å². The smallest absolute Gasteiger partial charge is 0.101 e. The summed E-state index contributed by atoms with van der Waals surface area (Å²) < 4.78 is 0. The molecule has 3 heteroatoms. The lowest BCUT2D eigenvalue weighted by atomic mass is 10.0. The molecule has 0 amide bonds. The second-order valence-electron chi connectivity index (χ2n) is 6.03. The molecule has 1 fully saturated rings. The molecule has 1 aliphatic rings. The van der Waals surface area contributed by atoms with Crippen LogP contribution in [0.2, 0.25) is 0 Å². The molecule has 20 heavy (non-hydrogen) atoms. The van der Waals surface area contributed by atoms with E-state index in [0.29, 0.717) is 12.1 Å². The highest BCUT2D eigenvalue weighted by Gasteiger charge is 2.21. The first kappa shape index (κ1) is 14.9. The molecule has 1 unspecified atom stereocenters. The predicted octanol–water partition coefficient (Wildman–Crippen LogP) is 3.22. The van der Waals surface area contributed by atoms with Gasteiger partial charge in [-0.25, -0.2) is 0 Å². The minimum absolute atomic E-state index is 0.396. The Morgan fingerprint density at radius 2 is 2.20 bits per heavy atom. The molecule has 0 saturated carbocycles. The van der Waals surface area contributed by atoms with Crippen LogP contribution in [0.5, 0.6) is 0 Å². The molecule has 1 aromatic carbocycles. The fourth-order valence-corrected chi connectivity index (χ4v) is 2.88. The quantitative estimate of drug-likeness (QED) is 0.914. The molecule has 1 heterocycles. The number of nitriles is 1. The standard InChI is InChI=1S/C17H25N3/c1-13(2)20(12-16-6-4-5-9-19-16)17-10-14(3)7-8-15(17)11-18/h7-8,10,13,16,19H,4-6,9,12H2,1-3H3. The van der Waals surface area contributed by atoms with Crippen molar-refractivity contribution in [2.45, 2.75) is 52.1 Å². The average molecular weight is 271 g/mol. The van der Waals surface area contributed by atoms with Gasteiger partial charge in [0.15, 0.2) is 0 Å². The van der Waals surface area contributed by atoms with Crippen molar-refractivity contribution in [1.29, 1.82) is 5.26 Å². The van der Waals surface area contributed by atoms with Gasteiger partial charge >= 0.3 is 0 Å². The van der Waals surface area contributed by atoms with Crippen LogP contribution >= 0.6 is 0 Å². The van der Waals surface area contributed by atoms with E-state index in [-0.39, 0.29) is 0 Å². The number of rotatable bonds is 4. The minimum atomic E-state index is 0.396. The minimum Gasteiger partial charge on any atom is -0.366 e. The van der Waals surface area contributed by atoms with Gasteiger partial charge in [-0.15, -0.1) is 0 Å². The van der Waals surface area contributed by atoms with E-state index in [1.165, 1.54) is 24.8 Å². The highest BCUT2D eigenvalue weighted by atomic mass is 15.2. The third-order valence-corrected chi connectivity index (χ3v) is 4.04. The molecular formula is C17H25N3. The molecule has 2 rings (SSSR count). The molecule has 1 N–H and O–H groups in total. The number of anilines is 1. The third-order valence-electron chi connectivity index (χ3n) is 4.04. The zero-order valence-corrected chi connectivity index (χ0v) is 12.8. The highest BCUT2D eigenvalue weighted by molar-refractivity contribution is 5.61. The summed E-state index contributed by atoms with van der Waals surface area (Å²) in [6.07, 6.45) is 3.82. The zero-order chi connectivity index (χ0) is 14.5. The topological polar surface area (TPSA) is 39.1 Å². The Morgan fingerprint density at radius 3 is 2.80 bits per heavy atom. The molecule has 1 atom stereocenters. The Kier molecular flexibility index (Phi) is 5.03. The van der Waals surface area contributed by atoms with Crippen LogP contribution in [0, 0.1) is 18.3 Å². The second kappa shape index (κ2) is 6.76. The number of hydrogen-bond donors (Lipinski definition) is 1. The van der Waals surface area contributed by atoms with Gasteiger partial charge in [-0.05, 0) is 57.9 Å². The van der Waals surface area contributed by atoms with Crippen molar-refractivity contribution < 1.29 is 0 Å². The lowest BCUT2D eigenvalue weighted by Crippen LogP contribution is -2.46. The summed E-state index contributed by atoms with van der Waals surface area (Å²) >= 11 is 0. The number of piperidine rings is 1. The van der Waals surface area contributed by atoms with E-state index in [4.69, 9.17) is 0 Å². The Bertz CT molecular complexity index is 481. The number of aryl methyl sites for hydroxylation is 1. The maximum atomic E-state index is 9.35. The predicted molar refractivity (Wildman–Crippen MR) is 84.0 cm³/mol. The molecule has 0 aromatic heterocycles. The Hall–Kier alpha value is -1.53. The van der Waals surface area contributed by atoms with Crippen LogP contribution in [0.3, 0.4) is 0 Å². The van der Waals surface area contributed by atoms with Gasteiger partial charge < -0.3 is 10.2 Å². The van der Waals surface area contributed by atoms with Crippen molar-refractivity contribution >= 4 is 5.69 Å². The van der Waals surface area contributed by atoms with Crippen LogP contribution in [-0.2, 0) is 0 Å². The largest absolute Gasteiger partial charge is 0.366 e. The van der Waals surface area contributed by atoms with Crippen LogP contribution in [-0.4, -0.2) is 25.2 Å². The molecule has 108 valence electrons. The van der Waals surface area contributed by atoms with Crippen molar-refractivity contribution in [2.75, 3.05) is 18.0 Å².